The summed E-state index contributed by atoms with van der Waals surface area (Å²) in [6, 6.07) is 15.9. The van der Waals surface area contributed by atoms with Crippen molar-refractivity contribution in [1.82, 2.24) is 9.97 Å². The minimum Gasteiger partial charge on any atom is -0.323 e. The van der Waals surface area contributed by atoms with Crippen molar-refractivity contribution in [2.24, 2.45) is 5.10 Å². The largest absolute Gasteiger partial charge is 0.323 e. The van der Waals surface area contributed by atoms with Crippen molar-refractivity contribution in [3.63, 3.8) is 0 Å². The van der Waals surface area contributed by atoms with E-state index in [0.717, 1.165) is 26.8 Å². The lowest BCUT2D eigenvalue weighted by Gasteiger charge is -2.01. The maximum absolute atomic E-state index is 4.41. The van der Waals surface area contributed by atoms with Gasteiger partial charge >= 0.3 is 0 Å². The van der Waals surface area contributed by atoms with Crippen molar-refractivity contribution in [1.29, 1.82) is 0 Å². The average molecular weight is 329 g/mol. The van der Waals surface area contributed by atoms with Gasteiger partial charge in [0.25, 0.3) is 0 Å². The third-order valence-electron chi connectivity index (χ3n) is 2.98. The van der Waals surface area contributed by atoms with Gasteiger partial charge in [-0.1, -0.05) is 40.2 Å². The molecule has 2 N–H and O–H groups in total. The van der Waals surface area contributed by atoms with Crippen LogP contribution in [0.1, 0.15) is 12.5 Å². The number of rotatable bonds is 3. The van der Waals surface area contributed by atoms with Crippen LogP contribution in [0.3, 0.4) is 0 Å². The fraction of sp³-hybridized carbons (Fsp3) is 0.0667. The summed E-state index contributed by atoms with van der Waals surface area (Å²) in [5.74, 6) is 0.641. The summed E-state index contributed by atoms with van der Waals surface area (Å²) in [6.45, 7) is 1.96. The van der Waals surface area contributed by atoms with E-state index in [0.29, 0.717) is 5.95 Å². The van der Waals surface area contributed by atoms with Crippen molar-refractivity contribution in [2.75, 3.05) is 5.43 Å². The normalized spacial score (nSPS) is 11.8. The number of imidazole rings is 1. The van der Waals surface area contributed by atoms with Gasteiger partial charge in [-0.2, -0.15) is 5.10 Å². The van der Waals surface area contributed by atoms with Crippen LogP contribution < -0.4 is 5.43 Å². The molecule has 3 rings (SSSR count). The van der Waals surface area contributed by atoms with Gasteiger partial charge in [0, 0.05) is 4.47 Å². The SMILES string of the molecule is C/C(=N\Nc1nc2ccccc2[nH]1)c1ccc(Br)cc1. The molecule has 0 radical (unpaired) electrons. The number of nitrogens with zero attached hydrogens (tertiary/aromatic N) is 2. The first-order chi connectivity index (χ1) is 9.72. The summed E-state index contributed by atoms with van der Waals surface area (Å²) in [4.78, 5) is 7.59. The molecule has 0 amide bonds. The molecule has 0 spiro atoms. The minimum absolute atomic E-state index is 0.641. The Morgan fingerprint density at radius 2 is 1.90 bits per heavy atom. The monoisotopic (exact) mass is 328 g/mol. The Morgan fingerprint density at radius 3 is 2.65 bits per heavy atom. The number of fused-ring (bicyclic) bond motifs is 1. The fourth-order valence-corrected chi connectivity index (χ4v) is 2.16. The average Bonchev–Trinajstić information content (AvgIpc) is 2.88. The number of aromatic amines is 1. The summed E-state index contributed by atoms with van der Waals surface area (Å²) in [7, 11) is 0. The lowest BCUT2D eigenvalue weighted by Crippen LogP contribution is -2.00. The first-order valence-electron chi connectivity index (χ1n) is 6.23. The zero-order chi connectivity index (χ0) is 13.9. The Balaban J connectivity index is 1.80. The molecule has 0 aliphatic heterocycles. The third-order valence-corrected chi connectivity index (χ3v) is 3.51. The van der Waals surface area contributed by atoms with Crippen LogP contribution in [0.4, 0.5) is 5.95 Å². The number of para-hydroxylation sites is 2. The van der Waals surface area contributed by atoms with Crippen molar-refractivity contribution >= 4 is 38.6 Å². The summed E-state index contributed by atoms with van der Waals surface area (Å²) in [5.41, 5.74) is 6.84. The molecule has 0 aliphatic carbocycles. The van der Waals surface area contributed by atoms with Gasteiger partial charge in [-0.3, -0.25) is 0 Å². The Morgan fingerprint density at radius 1 is 1.15 bits per heavy atom. The van der Waals surface area contributed by atoms with Crippen molar-refractivity contribution in [2.45, 2.75) is 6.92 Å². The van der Waals surface area contributed by atoms with E-state index in [1.54, 1.807) is 0 Å². The van der Waals surface area contributed by atoms with Gasteiger partial charge in [0.2, 0.25) is 5.95 Å². The molecule has 0 saturated heterocycles. The van der Waals surface area contributed by atoms with Gasteiger partial charge in [-0.25, -0.2) is 10.4 Å². The van der Waals surface area contributed by atoms with E-state index in [-0.39, 0.29) is 0 Å². The maximum atomic E-state index is 4.41. The van der Waals surface area contributed by atoms with Crippen LogP contribution >= 0.6 is 15.9 Å². The number of hydrazone groups is 1. The number of halogens is 1. The summed E-state index contributed by atoms with van der Waals surface area (Å²) >= 11 is 3.42. The van der Waals surface area contributed by atoms with E-state index >= 15 is 0 Å². The van der Waals surface area contributed by atoms with Gasteiger partial charge in [-0.05, 0) is 36.8 Å². The molecular formula is C15H13BrN4. The number of anilines is 1. The van der Waals surface area contributed by atoms with Crippen molar-refractivity contribution < 1.29 is 0 Å². The van der Waals surface area contributed by atoms with Gasteiger partial charge in [0.15, 0.2) is 0 Å². The highest BCUT2D eigenvalue weighted by Crippen LogP contribution is 2.14. The molecule has 0 aliphatic rings. The van der Waals surface area contributed by atoms with Crippen LogP contribution in [0.15, 0.2) is 58.1 Å². The van der Waals surface area contributed by atoms with Crippen LogP contribution in [-0.2, 0) is 0 Å². The van der Waals surface area contributed by atoms with Crippen LogP contribution in [0.2, 0.25) is 0 Å². The van der Waals surface area contributed by atoms with Crippen LogP contribution in [0.25, 0.3) is 11.0 Å². The highest BCUT2D eigenvalue weighted by molar-refractivity contribution is 9.10. The number of hydrogen-bond donors (Lipinski definition) is 2. The molecule has 0 fully saturated rings. The summed E-state index contributed by atoms with van der Waals surface area (Å²) in [5, 5.41) is 4.35. The summed E-state index contributed by atoms with van der Waals surface area (Å²) < 4.78 is 1.05. The topological polar surface area (TPSA) is 53.1 Å². The third kappa shape index (κ3) is 2.72. The second-order valence-corrected chi connectivity index (χ2v) is 5.33. The molecule has 2 aromatic carbocycles. The Labute approximate surface area is 125 Å². The number of aromatic nitrogens is 2. The van der Waals surface area contributed by atoms with Crippen molar-refractivity contribution in [3.8, 4) is 0 Å². The summed E-state index contributed by atoms with van der Waals surface area (Å²) in [6.07, 6.45) is 0. The first-order valence-corrected chi connectivity index (χ1v) is 7.03. The van der Waals surface area contributed by atoms with Gasteiger partial charge in [-0.15, -0.1) is 0 Å². The lowest BCUT2D eigenvalue weighted by atomic mass is 10.1. The highest BCUT2D eigenvalue weighted by Gasteiger charge is 2.01. The van der Waals surface area contributed by atoms with E-state index in [9.17, 15) is 0 Å². The molecule has 0 unspecified atom stereocenters. The van der Waals surface area contributed by atoms with E-state index in [1.165, 1.54) is 0 Å². The predicted octanol–water partition coefficient (Wildman–Crippen LogP) is 4.16. The molecule has 4 nitrogen and oxygen atoms in total. The second kappa shape index (κ2) is 5.46. The highest BCUT2D eigenvalue weighted by atomic mass is 79.9. The number of H-pyrrole nitrogens is 1. The Hall–Kier alpha value is -2.14. The van der Waals surface area contributed by atoms with Crippen LogP contribution in [-0.4, -0.2) is 15.7 Å². The second-order valence-electron chi connectivity index (χ2n) is 4.42. The molecule has 0 atom stereocenters. The minimum atomic E-state index is 0.641. The lowest BCUT2D eigenvalue weighted by molar-refractivity contribution is 1.20. The predicted molar refractivity (Wildman–Crippen MR) is 86.1 cm³/mol. The van der Waals surface area contributed by atoms with Gasteiger partial charge in [0.1, 0.15) is 0 Å². The number of nitrogens with one attached hydrogen (secondary N) is 2. The zero-order valence-electron chi connectivity index (χ0n) is 10.9. The molecule has 1 heterocycles. The van der Waals surface area contributed by atoms with Gasteiger partial charge < -0.3 is 4.98 Å². The first kappa shape index (κ1) is 12.9. The fourth-order valence-electron chi connectivity index (χ4n) is 1.90. The van der Waals surface area contributed by atoms with E-state index in [2.05, 4.69) is 36.4 Å². The molecule has 3 aromatic rings. The van der Waals surface area contributed by atoms with Crippen LogP contribution in [0.5, 0.6) is 0 Å². The molecule has 20 heavy (non-hydrogen) atoms. The Bertz CT molecular complexity index is 726. The van der Waals surface area contributed by atoms with Crippen molar-refractivity contribution in [3.05, 3.63) is 58.6 Å². The van der Waals surface area contributed by atoms with E-state index in [4.69, 9.17) is 0 Å². The van der Waals surface area contributed by atoms with E-state index in [1.807, 2.05) is 55.5 Å². The maximum Gasteiger partial charge on any atom is 0.222 e. The van der Waals surface area contributed by atoms with E-state index < -0.39 is 0 Å². The number of benzene rings is 2. The standard InChI is InChI=1S/C15H13BrN4/c1-10(11-6-8-12(16)9-7-11)19-20-15-17-13-4-2-3-5-14(13)18-15/h2-9H,1H3,(H2,17,18,20)/b19-10+. The Kier molecular flexibility index (Phi) is 3.52. The zero-order valence-corrected chi connectivity index (χ0v) is 12.5. The van der Waals surface area contributed by atoms with Crippen LogP contribution in [0, 0.1) is 0 Å². The molecule has 0 saturated carbocycles. The molecule has 0 bridgehead atoms. The molecule has 100 valence electrons. The quantitative estimate of drug-likeness (QED) is 0.560. The number of hydrogen-bond acceptors (Lipinski definition) is 3. The molecule has 5 heteroatoms. The molecular weight excluding hydrogens is 316 g/mol. The van der Waals surface area contributed by atoms with Gasteiger partial charge in [0.05, 0.1) is 16.7 Å². The smallest absolute Gasteiger partial charge is 0.222 e. The molecule has 1 aromatic heterocycles.